The highest BCUT2D eigenvalue weighted by atomic mass is 16.7. The fraction of sp³-hybridized carbons (Fsp3) is 0.222. The van der Waals surface area contributed by atoms with Crippen LogP contribution in [-0.4, -0.2) is 16.9 Å². The fourth-order valence-electron chi connectivity index (χ4n) is 3.08. The van der Waals surface area contributed by atoms with E-state index in [0.29, 0.717) is 23.6 Å². The minimum absolute atomic E-state index is 0.261. The first kappa shape index (κ1) is 12.7. The van der Waals surface area contributed by atoms with E-state index < -0.39 is 0 Å². The lowest BCUT2D eigenvalue weighted by molar-refractivity contribution is 0.174. The monoisotopic (exact) mass is 306 g/mol. The third-order valence-corrected chi connectivity index (χ3v) is 4.41. The van der Waals surface area contributed by atoms with Crippen LogP contribution in [0.2, 0.25) is 0 Å². The number of aromatic nitrogens is 2. The molecule has 114 valence electrons. The molecule has 3 aromatic rings. The number of hydrogen-bond donors (Lipinski definition) is 0. The molecule has 0 radical (unpaired) electrons. The summed E-state index contributed by atoms with van der Waals surface area (Å²) in [6.07, 6.45) is 1.06. The molecule has 1 aliphatic carbocycles. The number of hydrogen-bond acceptors (Lipinski definition) is 5. The van der Waals surface area contributed by atoms with Gasteiger partial charge < -0.3 is 14.0 Å². The van der Waals surface area contributed by atoms with Gasteiger partial charge in [-0.2, -0.15) is 4.98 Å². The standard InChI is InChI=1S/C18H14N2O3/c1-2-4-11(5-3-1)13-9-14(13)18-19-17(20-23-18)12-6-7-15-16(8-12)22-10-21-15/h1-8,13-14H,9-10H2/t13-,14+/m1/s1. The van der Waals surface area contributed by atoms with Crippen molar-refractivity contribution >= 4 is 0 Å². The van der Waals surface area contributed by atoms with E-state index in [-0.39, 0.29) is 6.79 Å². The molecule has 5 rings (SSSR count). The summed E-state index contributed by atoms with van der Waals surface area (Å²) >= 11 is 0. The summed E-state index contributed by atoms with van der Waals surface area (Å²) in [4.78, 5) is 4.57. The van der Waals surface area contributed by atoms with Crippen LogP contribution >= 0.6 is 0 Å². The molecule has 0 N–H and O–H groups in total. The topological polar surface area (TPSA) is 57.4 Å². The molecule has 2 atom stereocenters. The molecule has 5 heteroatoms. The van der Waals surface area contributed by atoms with Crippen LogP contribution in [0, 0.1) is 0 Å². The van der Waals surface area contributed by atoms with Crippen molar-refractivity contribution in [3.63, 3.8) is 0 Å². The molecule has 0 amide bonds. The summed E-state index contributed by atoms with van der Waals surface area (Å²) in [5, 5.41) is 4.12. The van der Waals surface area contributed by atoms with Gasteiger partial charge >= 0.3 is 0 Å². The molecule has 0 saturated heterocycles. The Labute approximate surface area is 132 Å². The van der Waals surface area contributed by atoms with Crippen LogP contribution < -0.4 is 9.47 Å². The highest BCUT2D eigenvalue weighted by Gasteiger charge is 2.43. The van der Waals surface area contributed by atoms with Crippen molar-refractivity contribution in [1.82, 2.24) is 10.1 Å². The Bertz CT molecular complexity index is 860. The number of ether oxygens (including phenoxy) is 2. The number of rotatable bonds is 3. The Morgan fingerprint density at radius 2 is 1.78 bits per heavy atom. The molecule has 1 saturated carbocycles. The summed E-state index contributed by atoms with van der Waals surface area (Å²) in [7, 11) is 0. The Kier molecular flexibility index (Phi) is 2.67. The van der Waals surface area contributed by atoms with E-state index in [0.717, 1.165) is 23.5 Å². The molecule has 0 spiro atoms. The molecule has 0 unspecified atom stereocenters. The summed E-state index contributed by atoms with van der Waals surface area (Å²) in [5.74, 6) is 3.60. The Morgan fingerprint density at radius 1 is 0.913 bits per heavy atom. The van der Waals surface area contributed by atoms with E-state index in [1.54, 1.807) is 0 Å². The molecule has 2 heterocycles. The zero-order valence-corrected chi connectivity index (χ0v) is 12.3. The summed E-state index contributed by atoms with van der Waals surface area (Å²) in [6, 6.07) is 16.2. The van der Waals surface area contributed by atoms with Gasteiger partial charge in [0.15, 0.2) is 11.5 Å². The van der Waals surface area contributed by atoms with Crippen molar-refractivity contribution in [3.05, 3.63) is 60.0 Å². The number of benzene rings is 2. The van der Waals surface area contributed by atoms with Crippen LogP contribution in [-0.2, 0) is 0 Å². The number of fused-ring (bicyclic) bond motifs is 1. The second-order valence-electron chi connectivity index (χ2n) is 5.88. The lowest BCUT2D eigenvalue weighted by atomic mass is 10.1. The summed E-state index contributed by atoms with van der Waals surface area (Å²) < 4.78 is 16.2. The van der Waals surface area contributed by atoms with Crippen molar-refractivity contribution in [2.24, 2.45) is 0 Å². The van der Waals surface area contributed by atoms with Gasteiger partial charge in [0, 0.05) is 11.5 Å². The van der Waals surface area contributed by atoms with E-state index >= 15 is 0 Å². The maximum atomic E-state index is 5.48. The highest BCUT2D eigenvalue weighted by molar-refractivity contribution is 5.61. The van der Waals surface area contributed by atoms with Crippen LogP contribution in [0.5, 0.6) is 11.5 Å². The average molecular weight is 306 g/mol. The molecule has 2 aromatic carbocycles. The lowest BCUT2D eigenvalue weighted by Crippen LogP contribution is -1.92. The molecule has 23 heavy (non-hydrogen) atoms. The van der Waals surface area contributed by atoms with Crippen LogP contribution in [0.1, 0.15) is 29.7 Å². The zero-order valence-electron chi connectivity index (χ0n) is 12.3. The zero-order chi connectivity index (χ0) is 15.2. The largest absolute Gasteiger partial charge is 0.454 e. The molecule has 2 aliphatic rings. The second-order valence-corrected chi connectivity index (χ2v) is 5.88. The van der Waals surface area contributed by atoms with Crippen LogP contribution in [0.25, 0.3) is 11.4 Å². The maximum Gasteiger partial charge on any atom is 0.231 e. The smallest absolute Gasteiger partial charge is 0.231 e. The predicted molar refractivity (Wildman–Crippen MR) is 82.4 cm³/mol. The molecule has 5 nitrogen and oxygen atoms in total. The van der Waals surface area contributed by atoms with Gasteiger partial charge in [-0.1, -0.05) is 35.5 Å². The summed E-state index contributed by atoms with van der Waals surface area (Å²) in [6.45, 7) is 0.261. The predicted octanol–water partition coefficient (Wildman–Crippen LogP) is 3.74. The number of nitrogens with zero attached hydrogens (tertiary/aromatic N) is 2. The second kappa shape index (κ2) is 4.84. The minimum atomic E-state index is 0.261. The van der Waals surface area contributed by atoms with Gasteiger partial charge in [-0.25, -0.2) is 0 Å². The van der Waals surface area contributed by atoms with Crippen molar-refractivity contribution in [1.29, 1.82) is 0 Å². The first-order chi connectivity index (χ1) is 11.4. The lowest BCUT2D eigenvalue weighted by Gasteiger charge is -1.97. The van der Waals surface area contributed by atoms with Crippen LogP contribution in [0.4, 0.5) is 0 Å². The van der Waals surface area contributed by atoms with Crippen molar-refractivity contribution in [2.75, 3.05) is 6.79 Å². The Balaban J connectivity index is 1.39. The Hall–Kier alpha value is -2.82. The quantitative estimate of drug-likeness (QED) is 0.738. The molecular weight excluding hydrogens is 292 g/mol. The molecular formula is C18H14N2O3. The van der Waals surface area contributed by atoms with Gasteiger partial charge in [-0.15, -0.1) is 0 Å². The molecule has 1 aliphatic heterocycles. The summed E-state index contributed by atoms with van der Waals surface area (Å²) in [5.41, 5.74) is 2.21. The van der Waals surface area contributed by atoms with Gasteiger partial charge in [0.2, 0.25) is 18.5 Å². The molecule has 0 bridgehead atoms. The van der Waals surface area contributed by atoms with E-state index in [1.807, 2.05) is 24.3 Å². The SMILES string of the molecule is c1ccc([C@H]2C[C@@H]2c2nc(-c3ccc4c(c3)OCO4)no2)cc1. The fourth-order valence-corrected chi connectivity index (χ4v) is 3.08. The van der Waals surface area contributed by atoms with Gasteiger partial charge in [0.1, 0.15) is 0 Å². The van der Waals surface area contributed by atoms with Crippen molar-refractivity contribution in [3.8, 4) is 22.9 Å². The molecule has 1 aromatic heterocycles. The minimum Gasteiger partial charge on any atom is -0.454 e. The normalized spacial score (nSPS) is 21.4. The first-order valence-corrected chi connectivity index (χ1v) is 7.67. The first-order valence-electron chi connectivity index (χ1n) is 7.67. The van der Waals surface area contributed by atoms with E-state index in [2.05, 4.69) is 34.4 Å². The van der Waals surface area contributed by atoms with Gasteiger partial charge in [-0.3, -0.25) is 0 Å². The van der Waals surface area contributed by atoms with Crippen LogP contribution in [0.3, 0.4) is 0 Å². The Morgan fingerprint density at radius 3 is 2.70 bits per heavy atom. The van der Waals surface area contributed by atoms with E-state index in [4.69, 9.17) is 14.0 Å². The van der Waals surface area contributed by atoms with Gasteiger partial charge in [0.25, 0.3) is 0 Å². The molecule has 1 fully saturated rings. The third-order valence-electron chi connectivity index (χ3n) is 4.41. The van der Waals surface area contributed by atoms with Crippen LogP contribution in [0.15, 0.2) is 53.1 Å². The van der Waals surface area contributed by atoms with E-state index in [9.17, 15) is 0 Å². The van der Waals surface area contributed by atoms with E-state index in [1.165, 1.54) is 5.56 Å². The highest BCUT2D eigenvalue weighted by Crippen LogP contribution is 2.54. The maximum absolute atomic E-state index is 5.48. The third kappa shape index (κ3) is 2.16. The average Bonchev–Trinajstić information content (AvgIpc) is 3.04. The van der Waals surface area contributed by atoms with Gasteiger partial charge in [0.05, 0.1) is 0 Å². The van der Waals surface area contributed by atoms with Gasteiger partial charge in [-0.05, 0) is 36.1 Å². The van der Waals surface area contributed by atoms with Crippen molar-refractivity contribution < 1.29 is 14.0 Å². The van der Waals surface area contributed by atoms with Crippen molar-refractivity contribution in [2.45, 2.75) is 18.3 Å².